The molecule has 3 aromatic rings. The van der Waals surface area contributed by atoms with E-state index in [4.69, 9.17) is 0 Å². The molecule has 0 atom stereocenters. The van der Waals surface area contributed by atoms with Gasteiger partial charge in [0.25, 0.3) is 0 Å². The van der Waals surface area contributed by atoms with Crippen molar-refractivity contribution in [3.63, 3.8) is 0 Å². The molecule has 0 fully saturated rings. The highest BCUT2D eigenvalue weighted by Crippen LogP contribution is 2.41. The van der Waals surface area contributed by atoms with E-state index in [1.807, 2.05) is 24.3 Å². The Kier molecular flexibility index (Phi) is 2.89. The van der Waals surface area contributed by atoms with E-state index in [1.54, 1.807) is 12.1 Å². The summed E-state index contributed by atoms with van der Waals surface area (Å²) in [7, 11) is 0. The minimum absolute atomic E-state index is 0.311. The third-order valence-electron chi connectivity index (χ3n) is 4.59. The van der Waals surface area contributed by atoms with E-state index >= 15 is 0 Å². The summed E-state index contributed by atoms with van der Waals surface area (Å²) in [5, 5.41) is 20.9. The zero-order valence-corrected chi connectivity index (χ0v) is 12.6. The van der Waals surface area contributed by atoms with Gasteiger partial charge in [-0.15, -0.1) is 0 Å². The SMILES string of the molecule is CCCn1c2c(c3ccc(O)cc31)CCc1cc(O)ccc1-2. The highest BCUT2D eigenvalue weighted by molar-refractivity contribution is 5.94. The number of aromatic hydroxyl groups is 2. The maximum Gasteiger partial charge on any atom is 0.117 e. The topological polar surface area (TPSA) is 45.4 Å². The number of phenolic OH excluding ortho intramolecular Hbond substituents is 2. The van der Waals surface area contributed by atoms with Crippen LogP contribution in [0.15, 0.2) is 36.4 Å². The van der Waals surface area contributed by atoms with Crippen LogP contribution in [0.25, 0.3) is 22.2 Å². The average Bonchev–Trinajstić information content (AvgIpc) is 2.81. The van der Waals surface area contributed by atoms with Crippen molar-refractivity contribution >= 4 is 10.9 Å². The van der Waals surface area contributed by atoms with Gasteiger partial charge in [-0.2, -0.15) is 0 Å². The van der Waals surface area contributed by atoms with Crippen molar-refractivity contribution in [3.05, 3.63) is 47.5 Å². The Morgan fingerprint density at radius 2 is 1.77 bits per heavy atom. The molecule has 1 aliphatic carbocycles. The zero-order valence-electron chi connectivity index (χ0n) is 12.6. The lowest BCUT2D eigenvalue weighted by Crippen LogP contribution is -2.07. The molecule has 22 heavy (non-hydrogen) atoms. The van der Waals surface area contributed by atoms with Crippen LogP contribution in [0.4, 0.5) is 0 Å². The van der Waals surface area contributed by atoms with Crippen molar-refractivity contribution in [2.45, 2.75) is 32.7 Å². The summed E-state index contributed by atoms with van der Waals surface area (Å²) >= 11 is 0. The first-order valence-electron chi connectivity index (χ1n) is 7.85. The molecular formula is C19H19NO2. The number of phenols is 2. The monoisotopic (exact) mass is 293 g/mol. The second-order valence-electron chi connectivity index (χ2n) is 6.02. The molecule has 0 saturated carbocycles. The number of fused-ring (bicyclic) bond motifs is 5. The quantitative estimate of drug-likeness (QED) is 0.742. The Morgan fingerprint density at radius 1 is 1.00 bits per heavy atom. The van der Waals surface area contributed by atoms with Crippen molar-refractivity contribution in [2.24, 2.45) is 0 Å². The summed E-state index contributed by atoms with van der Waals surface area (Å²) in [6, 6.07) is 11.3. The minimum atomic E-state index is 0.311. The Morgan fingerprint density at radius 3 is 2.59 bits per heavy atom. The van der Waals surface area contributed by atoms with Gasteiger partial charge in [-0.1, -0.05) is 6.92 Å². The van der Waals surface area contributed by atoms with Crippen molar-refractivity contribution < 1.29 is 10.2 Å². The third kappa shape index (κ3) is 1.82. The van der Waals surface area contributed by atoms with Crippen LogP contribution >= 0.6 is 0 Å². The van der Waals surface area contributed by atoms with Gasteiger partial charge in [-0.25, -0.2) is 0 Å². The smallest absolute Gasteiger partial charge is 0.117 e. The van der Waals surface area contributed by atoms with E-state index in [0.717, 1.165) is 31.3 Å². The predicted octanol–water partition coefficient (Wildman–Crippen LogP) is 4.23. The Balaban J connectivity index is 2.08. The first-order valence-corrected chi connectivity index (χ1v) is 7.85. The maximum atomic E-state index is 9.87. The normalized spacial score (nSPS) is 13.1. The lowest BCUT2D eigenvalue weighted by atomic mass is 9.89. The lowest BCUT2D eigenvalue weighted by Gasteiger charge is -2.20. The number of rotatable bonds is 2. The average molecular weight is 293 g/mol. The number of hydrogen-bond acceptors (Lipinski definition) is 2. The molecule has 1 aliphatic rings. The standard InChI is InChI=1S/C19H19NO2/c1-2-9-20-18-11-14(22)5-8-16(18)17-6-3-12-10-13(21)4-7-15(12)19(17)20/h4-5,7-8,10-11,21-22H,2-3,6,9H2,1H3. The van der Waals surface area contributed by atoms with Gasteiger partial charge in [0.1, 0.15) is 11.5 Å². The molecule has 112 valence electrons. The summed E-state index contributed by atoms with van der Waals surface area (Å²) in [4.78, 5) is 0. The minimum Gasteiger partial charge on any atom is -0.508 e. The fourth-order valence-electron chi connectivity index (χ4n) is 3.70. The number of nitrogens with zero attached hydrogens (tertiary/aromatic N) is 1. The fourth-order valence-corrected chi connectivity index (χ4v) is 3.70. The molecule has 1 aromatic heterocycles. The number of aryl methyl sites for hydroxylation is 3. The van der Waals surface area contributed by atoms with Gasteiger partial charge in [-0.05, 0) is 60.7 Å². The molecule has 0 bridgehead atoms. The summed E-state index contributed by atoms with van der Waals surface area (Å²) in [6.45, 7) is 3.09. The van der Waals surface area contributed by atoms with Gasteiger partial charge < -0.3 is 14.8 Å². The molecule has 0 aliphatic heterocycles. The molecule has 4 rings (SSSR count). The van der Waals surface area contributed by atoms with Crippen LogP contribution in [0, 0.1) is 0 Å². The predicted molar refractivity (Wildman–Crippen MR) is 88.4 cm³/mol. The first kappa shape index (κ1) is 13.3. The molecule has 0 amide bonds. The van der Waals surface area contributed by atoms with Crippen LogP contribution in [0.5, 0.6) is 11.5 Å². The van der Waals surface area contributed by atoms with Gasteiger partial charge in [0.2, 0.25) is 0 Å². The first-order chi connectivity index (χ1) is 10.7. The van der Waals surface area contributed by atoms with E-state index in [-0.39, 0.29) is 0 Å². The molecule has 0 unspecified atom stereocenters. The molecule has 2 N–H and O–H groups in total. The molecule has 0 spiro atoms. The highest BCUT2D eigenvalue weighted by atomic mass is 16.3. The van der Waals surface area contributed by atoms with Crippen molar-refractivity contribution in [1.82, 2.24) is 4.57 Å². The second kappa shape index (κ2) is 4.80. The Bertz CT molecular complexity index is 877. The fraction of sp³-hybridized carbons (Fsp3) is 0.263. The van der Waals surface area contributed by atoms with Crippen molar-refractivity contribution in [3.8, 4) is 22.8 Å². The zero-order chi connectivity index (χ0) is 15.3. The Labute approximate surface area is 129 Å². The van der Waals surface area contributed by atoms with Gasteiger partial charge in [0.15, 0.2) is 0 Å². The molecule has 2 aromatic carbocycles. The largest absolute Gasteiger partial charge is 0.508 e. The van der Waals surface area contributed by atoms with Crippen LogP contribution in [0.1, 0.15) is 24.5 Å². The van der Waals surface area contributed by atoms with E-state index in [2.05, 4.69) is 11.5 Å². The van der Waals surface area contributed by atoms with Gasteiger partial charge >= 0.3 is 0 Å². The van der Waals surface area contributed by atoms with E-state index in [1.165, 1.54) is 27.8 Å². The molecule has 3 heteroatoms. The number of benzene rings is 2. The van der Waals surface area contributed by atoms with Gasteiger partial charge in [0, 0.05) is 23.6 Å². The maximum absolute atomic E-state index is 9.87. The van der Waals surface area contributed by atoms with Gasteiger partial charge in [-0.3, -0.25) is 0 Å². The molecule has 1 heterocycles. The molecule has 0 saturated heterocycles. The van der Waals surface area contributed by atoms with Crippen LogP contribution < -0.4 is 0 Å². The van der Waals surface area contributed by atoms with E-state index in [0.29, 0.717) is 11.5 Å². The van der Waals surface area contributed by atoms with E-state index < -0.39 is 0 Å². The summed E-state index contributed by atoms with van der Waals surface area (Å²) < 4.78 is 2.32. The van der Waals surface area contributed by atoms with Crippen molar-refractivity contribution in [1.29, 1.82) is 0 Å². The Hall–Kier alpha value is -2.42. The number of aromatic nitrogens is 1. The molecule has 3 nitrogen and oxygen atoms in total. The van der Waals surface area contributed by atoms with E-state index in [9.17, 15) is 10.2 Å². The van der Waals surface area contributed by atoms with Crippen LogP contribution in [0.2, 0.25) is 0 Å². The summed E-state index contributed by atoms with van der Waals surface area (Å²) in [5.41, 5.74) is 6.14. The summed E-state index contributed by atoms with van der Waals surface area (Å²) in [5.74, 6) is 0.642. The van der Waals surface area contributed by atoms with Crippen LogP contribution in [0.3, 0.4) is 0 Å². The van der Waals surface area contributed by atoms with Crippen LogP contribution in [-0.2, 0) is 19.4 Å². The molecule has 0 radical (unpaired) electrons. The third-order valence-corrected chi connectivity index (χ3v) is 4.59. The highest BCUT2D eigenvalue weighted by Gasteiger charge is 2.24. The van der Waals surface area contributed by atoms with Crippen LogP contribution in [-0.4, -0.2) is 14.8 Å². The number of hydrogen-bond donors (Lipinski definition) is 2. The summed E-state index contributed by atoms with van der Waals surface area (Å²) in [6.07, 6.45) is 2.96. The second-order valence-corrected chi connectivity index (χ2v) is 6.02. The lowest BCUT2D eigenvalue weighted by molar-refractivity contribution is 0.474. The van der Waals surface area contributed by atoms with Crippen molar-refractivity contribution in [2.75, 3.05) is 0 Å². The van der Waals surface area contributed by atoms with Gasteiger partial charge in [0.05, 0.1) is 11.2 Å². The molecular weight excluding hydrogens is 274 g/mol.